The Balaban J connectivity index is 2.25. The van der Waals surface area contributed by atoms with Crippen molar-refractivity contribution in [2.45, 2.75) is 0 Å². The second-order valence-electron chi connectivity index (χ2n) is 5.05. The Morgan fingerprint density at radius 2 is 1.40 bits per heavy atom. The zero-order chi connectivity index (χ0) is 18.3. The summed E-state index contributed by atoms with van der Waals surface area (Å²) in [5.74, 6) is -0.175. The van der Waals surface area contributed by atoms with E-state index in [0.29, 0.717) is 46.9 Å². The van der Waals surface area contributed by atoms with Crippen LogP contribution in [0.2, 0.25) is 20.1 Å². The van der Waals surface area contributed by atoms with Crippen LogP contribution >= 0.6 is 62.3 Å². The lowest BCUT2D eigenvalue weighted by Gasteiger charge is -2.03. The highest BCUT2D eigenvalue weighted by molar-refractivity contribution is 9.10. The van der Waals surface area contributed by atoms with E-state index in [9.17, 15) is 10.1 Å². The molecule has 0 amide bonds. The monoisotopic (exact) mass is 478 g/mol. The molecule has 3 aromatic rings. The number of benzene rings is 2. The molecule has 4 nitrogen and oxygen atoms in total. The first-order valence-electron chi connectivity index (χ1n) is 6.76. The lowest BCUT2D eigenvalue weighted by Crippen LogP contribution is -1.91. The number of nitrogens with zero attached hydrogens (tertiary/aromatic N) is 1. The van der Waals surface area contributed by atoms with E-state index in [1.165, 1.54) is 0 Å². The van der Waals surface area contributed by atoms with E-state index in [2.05, 4.69) is 20.9 Å². The highest BCUT2D eigenvalue weighted by atomic mass is 79.9. The molecule has 1 aromatic heterocycles. The van der Waals surface area contributed by atoms with Crippen molar-refractivity contribution >= 4 is 68.2 Å². The first-order valence-corrected chi connectivity index (χ1v) is 9.06. The largest absolute Gasteiger partial charge is 0.358 e. The molecule has 2 aromatic carbocycles. The summed E-state index contributed by atoms with van der Waals surface area (Å²) < 4.78 is 0.510. The number of rotatable bonds is 3. The van der Waals surface area contributed by atoms with Crippen LogP contribution in [0.1, 0.15) is 0 Å². The SMILES string of the molecule is O=[N+]([O-])c1[nH]c(-c2ccc(Cl)c(Cl)c2)c(Br)c1-c1ccc(Cl)c(Cl)c1. The van der Waals surface area contributed by atoms with E-state index in [1.54, 1.807) is 36.4 Å². The number of hydrogen-bond acceptors (Lipinski definition) is 2. The molecular formula is C16H7BrCl4N2O2. The molecule has 0 aliphatic rings. The van der Waals surface area contributed by atoms with Crippen molar-refractivity contribution in [3.8, 4) is 22.4 Å². The van der Waals surface area contributed by atoms with Gasteiger partial charge in [-0.15, -0.1) is 0 Å². The van der Waals surface area contributed by atoms with Crippen molar-refractivity contribution in [3.63, 3.8) is 0 Å². The van der Waals surface area contributed by atoms with Crippen molar-refractivity contribution in [1.29, 1.82) is 0 Å². The van der Waals surface area contributed by atoms with Crippen LogP contribution in [0.4, 0.5) is 5.82 Å². The van der Waals surface area contributed by atoms with E-state index in [-0.39, 0.29) is 5.82 Å². The van der Waals surface area contributed by atoms with Crippen molar-refractivity contribution in [2.24, 2.45) is 0 Å². The molecule has 3 rings (SSSR count). The quantitative estimate of drug-likeness (QED) is 0.309. The summed E-state index contributed by atoms with van der Waals surface area (Å²) in [6.45, 7) is 0. The van der Waals surface area contributed by atoms with Crippen LogP contribution in [-0.2, 0) is 0 Å². The van der Waals surface area contributed by atoms with Gasteiger partial charge in [-0.05, 0) is 56.7 Å². The van der Waals surface area contributed by atoms with Crippen LogP contribution in [-0.4, -0.2) is 9.91 Å². The Bertz CT molecular complexity index is 1000. The number of aromatic amines is 1. The van der Waals surface area contributed by atoms with Crippen LogP contribution in [0.5, 0.6) is 0 Å². The zero-order valence-corrected chi connectivity index (χ0v) is 16.7. The van der Waals surface area contributed by atoms with Gasteiger partial charge < -0.3 is 10.1 Å². The molecule has 0 unspecified atom stereocenters. The van der Waals surface area contributed by atoms with Crippen LogP contribution in [0, 0.1) is 10.1 Å². The predicted molar refractivity (Wildman–Crippen MR) is 106 cm³/mol. The Hall–Kier alpha value is -1.24. The summed E-state index contributed by atoms with van der Waals surface area (Å²) in [5.41, 5.74) is 2.07. The maximum absolute atomic E-state index is 11.5. The Morgan fingerprint density at radius 1 is 0.880 bits per heavy atom. The fourth-order valence-electron chi connectivity index (χ4n) is 2.37. The number of H-pyrrole nitrogens is 1. The van der Waals surface area contributed by atoms with Gasteiger partial charge in [0, 0.05) is 5.56 Å². The molecule has 0 spiro atoms. The first kappa shape index (κ1) is 18.5. The molecule has 25 heavy (non-hydrogen) atoms. The Kier molecular flexibility index (Phi) is 5.32. The van der Waals surface area contributed by atoms with Gasteiger partial charge in [0.15, 0.2) is 0 Å². The fourth-order valence-corrected chi connectivity index (χ4v) is 3.71. The summed E-state index contributed by atoms with van der Waals surface area (Å²) in [4.78, 5) is 13.8. The van der Waals surface area contributed by atoms with E-state index >= 15 is 0 Å². The average Bonchev–Trinajstić information content (AvgIpc) is 2.90. The van der Waals surface area contributed by atoms with E-state index in [1.807, 2.05) is 0 Å². The minimum absolute atomic E-state index is 0.175. The van der Waals surface area contributed by atoms with E-state index < -0.39 is 4.92 Å². The fraction of sp³-hybridized carbons (Fsp3) is 0. The van der Waals surface area contributed by atoms with Gasteiger partial charge in [-0.1, -0.05) is 52.5 Å². The molecule has 0 saturated carbocycles. The van der Waals surface area contributed by atoms with Gasteiger partial charge in [0.05, 0.1) is 30.1 Å². The van der Waals surface area contributed by atoms with E-state index in [0.717, 1.165) is 0 Å². The van der Waals surface area contributed by atoms with Gasteiger partial charge in [0.2, 0.25) is 0 Å². The number of nitro groups is 1. The molecule has 0 aliphatic heterocycles. The van der Waals surface area contributed by atoms with Crippen LogP contribution in [0.3, 0.4) is 0 Å². The third-order valence-electron chi connectivity index (χ3n) is 3.52. The van der Waals surface area contributed by atoms with Gasteiger partial charge >= 0.3 is 5.82 Å². The molecule has 1 heterocycles. The van der Waals surface area contributed by atoms with Crippen LogP contribution < -0.4 is 0 Å². The smallest absolute Gasteiger partial charge is 0.330 e. The van der Waals surface area contributed by atoms with E-state index in [4.69, 9.17) is 46.4 Å². The molecule has 0 radical (unpaired) electrons. The first-order chi connectivity index (χ1) is 11.8. The minimum Gasteiger partial charge on any atom is -0.358 e. The summed E-state index contributed by atoms with van der Waals surface area (Å²) >= 11 is 27.4. The minimum atomic E-state index is -0.496. The van der Waals surface area contributed by atoms with Crippen molar-refractivity contribution < 1.29 is 4.92 Å². The summed E-state index contributed by atoms with van der Waals surface area (Å²) in [7, 11) is 0. The van der Waals surface area contributed by atoms with Crippen molar-refractivity contribution in [3.05, 3.63) is 71.1 Å². The number of hydrogen-bond donors (Lipinski definition) is 1. The number of halogens is 5. The third kappa shape index (κ3) is 3.52. The molecular weight excluding hydrogens is 474 g/mol. The maximum atomic E-state index is 11.5. The Labute approximate surface area is 170 Å². The maximum Gasteiger partial charge on any atom is 0.330 e. The molecule has 0 saturated heterocycles. The lowest BCUT2D eigenvalue weighted by atomic mass is 10.1. The second kappa shape index (κ2) is 7.17. The normalized spacial score (nSPS) is 10.9. The third-order valence-corrected chi connectivity index (χ3v) is 5.79. The van der Waals surface area contributed by atoms with Crippen LogP contribution in [0.25, 0.3) is 22.4 Å². The highest BCUT2D eigenvalue weighted by Gasteiger charge is 2.27. The molecule has 9 heteroatoms. The number of nitrogens with one attached hydrogen (secondary N) is 1. The highest BCUT2D eigenvalue weighted by Crippen LogP contribution is 2.44. The molecule has 128 valence electrons. The molecule has 0 bridgehead atoms. The molecule has 0 aliphatic carbocycles. The predicted octanol–water partition coefficient (Wildman–Crippen LogP) is 7.63. The summed E-state index contributed by atoms with van der Waals surface area (Å²) in [6, 6.07) is 9.78. The molecule has 1 N–H and O–H groups in total. The van der Waals surface area contributed by atoms with Gasteiger partial charge in [-0.25, -0.2) is 4.98 Å². The van der Waals surface area contributed by atoms with Crippen molar-refractivity contribution in [1.82, 2.24) is 4.98 Å². The van der Waals surface area contributed by atoms with Crippen LogP contribution in [0.15, 0.2) is 40.9 Å². The lowest BCUT2D eigenvalue weighted by molar-refractivity contribution is -0.388. The zero-order valence-electron chi connectivity index (χ0n) is 12.1. The standard InChI is InChI=1S/C16H7BrCl4N2O2/c17-14-13(7-1-3-9(18)11(20)5-7)16(23(24)25)22-15(14)8-2-4-10(19)12(21)6-8/h1-6,22H. The molecule has 0 fully saturated rings. The van der Waals surface area contributed by atoms with Gasteiger partial charge in [-0.2, -0.15) is 0 Å². The number of aromatic nitrogens is 1. The average molecular weight is 481 g/mol. The van der Waals surface area contributed by atoms with Gasteiger partial charge in [0.1, 0.15) is 5.69 Å². The van der Waals surface area contributed by atoms with Gasteiger partial charge in [-0.3, -0.25) is 0 Å². The van der Waals surface area contributed by atoms with Crippen molar-refractivity contribution in [2.75, 3.05) is 0 Å². The second-order valence-corrected chi connectivity index (χ2v) is 7.47. The summed E-state index contributed by atoms with van der Waals surface area (Å²) in [5, 5.41) is 12.9. The Morgan fingerprint density at radius 3 is 1.92 bits per heavy atom. The molecule has 0 atom stereocenters. The summed E-state index contributed by atoms with van der Waals surface area (Å²) in [6.07, 6.45) is 0. The van der Waals surface area contributed by atoms with Gasteiger partial charge in [0.25, 0.3) is 0 Å². The topological polar surface area (TPSA) is 58.9 Å².